The molecule has 7 nitrogen and oxygen atoms in total. The van der Waals surface area contributed by atoms with Crippen molar-refractivity contribution in [3.8, 4) is 22.6 Å². The highest BCUT2D eigenvalue weighted by Gasteiger charge is 2.06. The fraction of sp³-hybridized carbons (Fsp3) is 0. The van der Waals surface area contributed by atoms with Gasteiger partial charge in [-0.25, -0.2) is 9.97 Å². The second-order valence-electron chi connectivity index (χ2n) is 5.07. The molecule has 0 amide bonds. The summed E-state index contributed by atoms with van der Waals surface area (Å²) in [6, 6.07) is 19.5. The van der Waals surface area contributed by atoms with Crippen LogP contribution in [0.2, 0.25) is 0 Å². The molecule has 0 bridgehead atoms. The molecule has 2 N–H and O–H groups in total. The Morgan fingerprint density at radius 3 is 2.38 bits per heavy atom. The average Bonchev–Trinajstić information content (AvgIpc) is 3.18. The van der Waals surface area contributed by atoms with Crippen molar-refractivity contribution >= 4 is 11.6 Å². The minimum atomic E-state index is 0.556. The summed E-state index contributed by atoms with van der Waals surface area (Å²) >= 11 is 0. The molecule has 116 valence electrons. The van der Waals surface area contributed by atoms with E-state index in [0.717, 1.165) is 22.5 Å². The molecule has 0 spiro atoms. The molecule has 7 heteroatoms. The van der Waals surface area contributed by atoms with Gasteiger partial charge in [-0.05, 0) is 23.4 Å². The summed E-state index contributed by atoms with van der Waals surface area (Å²) in [4.78, 5) is 8.82. The monoisotopic (exact) mass is 315 g/mol. The van der Waals surface area contributed by atoms with E-state index in [-0.39, 0.29) is 0 Å². The van der Waals surface area contributed by atoms with Crippen molar-refractivity contribution in [2.45, 2.75) is 0 Å². The van der Waals surface area contributed by atoms with Crippen LogP contribution in [-0.4, -0.2) is 30.6 Å². The Morgan fingerprint density at radius 1 is 0.833 bits per heavy atom. The van der Waals surface area contributed by atoms with E-state index in [4.69, 9.17) is 0 Å². The first-order chi connectivity index (χ1) is 11.9. The van der Waals surface area contributed by atoms with Crippen LogP contribution in [0.4, 0.5) is 11.6 Å². The van der Waals surface area contributed by atoms with Crippen molar-refractivity contribution in [2.24, 2.45) is 0 Å². The molecule has 2 heterocycles. The highest BCUT2D eigenvalue weighted by Crippen LogP contribution is 2.22. The van der Waals surface area contributed by atoms with E-state index < -0.39 is 0 Å². The number of aromatic amines is 1. The average molecular weight is 315 g/mol. The van der Waals surface area contributed by atoms with Gasteiger partial charge in [-0.2, -0.15) is 5.21 Å². The summed E-state index contributed by atoms with van der Waals surface area (Å²) in [5.74, 6) is 1.12. The van der Waals surface area contributed by atoms with Crippen LogP contribution in [0.5, 0.6) is 0 Å². The molecule has 4 rings (SSSR count). The number of aromatic nitrogens is 6. The van der Waals surface area contributed by atoms with Crippen molar-refractivity contribution in [3.63, 3.8) is 0 Å². The first-order valence-electron chi connectivity index (χ1n) is 7.38. The van der Waals surface area contributed by atoms with Crippen LogP contribution < -0.4 is 5.32 Å². The Kier molecular flexibility index (Phi) is 3.65. The molecular formula is C17H13N7. The van der Waals surface area contributed by atoms with Gasteiger partial charge in [0.15, 0.2) is 0 Å². The number of hydrogen-bond donors (Lipinski definition) is 2. The van der Waals surface area contributed by atoms with E-state index in [1.165, 1.54) is 0 Å². The van der Waals surface area contributed by atoms with Crippen molar-refractivity contribution < 1.29 is 0 Å². The highest BCUT2D eigenvalue weighted by atomic mass is 15.5. The molecule has 0 fully saturated rings. The number of benzene rings is 2. The van der Waals surface area contributed by atoms with Gasteiger partial charge in [0, 0.05) is 23.0 Å². The molecule has 0 radical (unpaired) electrons. The van der Waals surface area contributed by atoms with Gasteiger partial charge in [-0.3, -0.25) is 0 Å². The molecule has 0 unspecified atom stereocenters. The van der Waals surface area contributed by atoms with Gasteiger partial charge in [0.1, 0.15) is 0 Å². The molecule has 2 aromatic carbocycles. The number of anilines is 2. The van der Waals surface area contributed by atoms with Gasteiger partial charge >= 0.3 is 0 Å². The third kappa shape index (κ3) is 2.95. The van der Waals surface area contributed by atoms with Gasteiger partial charge in [0.25, 0.3) is 0 Å². The minimum absolute atomic E-state index is 0.556. The molecule has 2 aromatic heterocycles. The summed E-state index contributed by atoms with van der Waals surface area (Å²) in [5.41, 5.74) is 3.66. The van der Waals surface area contributed by atoms with Crippen molar-refractivity contribution in [2.75, 3.05) is 5.32 Å². The maximum Gasteiger partial charge on any atom is 0.227 e. The zero-order valence-corrected chi connectivity index (χ0v) is 12.6. The summed E-state index contributed by atoms with van der Waals surface area (Å²) in [6.07, 6.45) is 1.74. The Morgan fingerprint density at radius 2 is 1.62 bits per heavy atom. The second-order valence-corrected chi connectivity index (χ2v) is 5.07. The number of rotatable bonds is 4. The van der Waals surface area contributed by atoms with E-state index in [1.807, 2.05) is 60.7 Å². The van der Waals surface area contributed by atoms with E-state index in [9.17, 15) is 0 Å². The zero-order chi connectivity index (χ0) is 16.2. The van der Waals surface area contributed by atoms with Crippen molar-refractivity contribution in [3.05, 3.63) is 66.9 Å². The minimum Gasteiger partial charge on any atom is -0.324 e. The Labute approximate surface area is 137 Å². The van der Waals surface area contributed by atoms with Gasteiger partial charge in [-0.15, -0.1) is 10.2 Å². The summed E-state index contributed by atoms with van der Waals surface area (Å²) in [5, 5.41) is 17.1. The fourth-order valence-corrected chi connectivity index (χ4v) is 2.30. The van der Waals surface area contributed by atoms with Crippen LogP contribution in [0.15, 0.2) is 66.9 Å². The van der Waals surface area contributed by atoms with E-state index >= 15 is 0 Å². The molecule has 0 aliphatic rings. The molecule has 24 heavy (non-hydrogen) atoms. The van der Waals surface area contributed by atoms with Crippen LogP contribution >= 0.6 is 0 Å². The van der Waals surface area contributed by atoms with Crippen LogP contribution in [0.1, 0.15) is 0 Å². The summed E-state index contributed by atoms with van der Waals surface area (Å²) in [7, 11) is 0. The first kappa shape index (κ1) is 14.0. The van der Waals surface area contributed by atoms with Crippen molar-refractivity contribution in [1.29, 1.82) is 0 Å². The Hall–Kier alpha value is -3.61. The number of H-pyrrole nitrogens is 1. The predicted molar refractivity (Wildman–Crippen MR) is 90.4 cm³/mol. The maximum atomic E-state index is 4.56. The van der Waals surface area contributed by atoms with Crippen LogP contribution in [0.25, 0.3) is 22.6 Å². The number of hydrogen-bond acceptors (Lipinski definition) is 6. The third-order valence-electron chi connectivity index (χ3n) is 3.47. The topological polar surface area (TPSA) is 92.3 Å². The molecule has 0 aliphatic carbocycles. The van der Waals surface area contributed by atoms with E-state index in [0.29, 0.717) is 11.8 Å². The van der Waals surface area contributed by atoms with Crippen LogP contribution in [0.3, 0.4) is 0 Å². The number of para-hydroxylation sites is 1. The highest BCUT2D eigenvalue weighted by molar-refractivity contribution is 5.66. The lowest BCUT2D eigenvalue weighted by molar-refractivity contribution is 0.881. The van der Waals surface area contributed by atoms with Crippen molar-refractivity contribution in [1.82, 2.24) is 30.6 Å². The zero-order valence-electron chi connectivity index (χ0n) is 12.6. The smallest absolute Gasteiger partial charge is 0.227 e. The third-order valence-corrected chi connectivity index (χ3v) is 3.47. The molecule has 0 atom stereocenters. The Bertz CT molecular complexity index is 919. The van der Waals surface area contributed by atoms with Gasteiger partial charge < -0.3 is 5.32 Å². The Balaban J connectivity index is 1.59. The van der Waals surface area contributed by atoms with Crippen LogP contribution in [-0.2, 0) is 0 Å². The van der Waals surface area contributed by atoms with Gasteiger partial charge in [-0.1, -0.05) is 42.5 Å². The second kappa shape index (κ2) is 6.25. The predicted octanol–water partition coefficient (Wildman–Crippen LogP) is 3.07. The molecule has 0 saturated heterocycles. The number of nitrogens with zero attached hydrogens (tertiary/aromatic N) is 5. The van der Waals surface area contributed by atoms with Crippen LogP contribution in [0, 0.1) is 0 Å². The lowest BCUT2D eigenvalue weighted by Gasteiger charge is -2.06. The maximum absolute atomic E-state index is 4.56. The standard InChI is InChI=1S/C17H13N7/c1-2-4-14(5-3-1)19-17-18-11-10-15(20-17)12-6-8-13(9-7-12)16-21-23-24-22-16/h1-11H,(H,18,19,20)(H,21,22,23,24). The SMILES string of the molecule is c1ccc(Nc2nccc(-c3ccc(-c4nn[nH]n4)cc3)n2)cc1. The lowest BCUT2D eigenvalue weighted by atomic mass is 10.1. The number of tetrazole rings is 1. The first-order valence-corrected chi connectivity index (χ1v) is 7.38. The summed E-state index contributed by atoms with van der Waals surface area (Å²) < 4.78 is 0. The largest absolute Gasteiger partial charge is 0.324 e. The fourth-order valence-electron chi connectivity index (χ4n) is 2.30. The summed E-state index contributed by atoms with van der Waals surface area (Å²) in [6.45, 7) is 0. The lowest BCUT2D eigenvalue weighted by Crippen LogP contribution is -1.97. The van der Waals surface area contributed by atoms with Gasteiger partial charge in [0.2, 0.25) is 11.8 Å². The molecular weight excluding hydrogens is 302 g/mol. The van der Waals surface area contributed by atoms with Gasteiger partial charge in [0.05, 0.1) is 5.69 Å². The molecule has 0 aliphatic heterocycles. The molecule has 0 saturated carbocycles. The quantitative estimate of drug-likeness (QED) is 0.601. The van der Waals surface area contributed by atoms with E-state index in [1.54, 1.807) is 6.20 Å². The molecule has 4 aromatic rings. The van der Waals surface area contributed by atoms with E-state index in [2.05, 4.69) is 35.9 Å². The number of nitrogens with one attached hydrogen (secondary N) is 2. The normalized spacial score (nSPS) is 10.5.